The molecule has 0 aliphatic carbocycles. The molecule has 3 rings (SSSR count). The SMILES string of the molecule is CC(=O)c1ccc(N2CCN(S(=O)(=O)c3ccccc3C(F)(F)F)CC2)c(F)c1. The van der Waals surface area contributed by atoms with Crippen molar-refractivity contribution in [2.45, 2.75) is 18.0 Å². The minimum absolute atomic E-state index is 0.0948. The highest BCUT2D eigenvalue weighted by atomic mass is 32.2. The van der Waals surface area contributed by atoms with Gasteiger partial charge in [0.1, 0.15) is 5.82 Å². The maximum absolute atomic E-state index is 14.3. The topological polar surface area (TPSA) is 57.7 Å². The van der Waals surface area contributed by atoms with E-state index in [9.17, 15) is 30.8 Å². The van der Waals surface area contributed by atoms with Gasteiger partial charge in [0.15, 0.2) is 5.78 Å². The quantitative estimate of drug-likeness (QED) is 0.550. The van der Waals surface area contributed by atoms with Gasteiger partial charge in [0.25, 0.3) is 0 Å². The van der Waals surface area contributed by atoms with Gasteiger partial charge in [-0.25, -0.2) is 12.8 Å². The van der Waals surface area contributed by atoms with Crippen LogP contribution in [0.4, 0.5) is 23.2 Å². The second-order valence-electron chi connectivity index (χ2n) is 6.61. The number of carbonyl (C=O) groups is 1. The van der Waals surface area contributed by atoms with Gasteiger partial charge in [0, 0.05) is 31.7 Å². The first-order valence-corrected chi connectivity index (χ1v) is 10.2. The van der Waals surface area contributed by atoms with Gasteiger partial charge in [-0.3, -0.25) is 4.79 Å². The largest absolute Gasteiger partial charge is 0.417 e. The van der Waals surface area contributed by atoms with E-state index in [2.05, 4.69) is 0 Å². The van der Waals surface area contributed by atoms with Crippen molar-refractivity contribution in [3.05, 3.63) is 59.4 Å². The Labute approximate surface area is 165 Å². The molecule has 1 heterocycles. The van der Waals surface area contributed by atoms with Crippen LogP contribution in [0.25, 0.3) is 0 Å². The fraction of sp³-hybridized carbons (Fsp3) is 0.316. The molecule has 0 amide bonds. The highest BCUT2D eigenvalue weighted by Crippen LogP contribution is 2.35. The summed E-state index contributed by atoms with van der Waals surface area (Å²) in [4.78, 5) is 12.1. The van der Waals surface area contributed by atoms with E-state index in [1.54, 1.807) is 4.90 Å². The Bertz CT molecular complexity index is 1030. The molecule has 1 saturated heterocycles. The highest BCUT2D eigenvalue weighted by Gasteiger charge is 2.39. The molecule has 0 unspecified atom stereocenters. The molecule has 0 radical (unpaired) electrons. The molecule has 0 spiro atoms. The summed E-state index contributed by atoms with van der Waals surface area (Å²) < 4.78 is 80.5. The molecule has 156 valence electrons. The standard InChI is InChI=1S/C19H18F4N2O3S/c1-13(26)14-6-7-17(16(20)12-14)24-8-10-25(11-9-24)29(27,28)18-5-3-2-4-15(18)19(21,22)23/h2-7,12H,8-11H2,1H3. The predicted molar refractivity (Wildman–Crippen MR) is 98.8 cm³/mol. The van der Waals surface area contributed by atoms with E-state index < -0.39 is 32.5 Å². The number of halogens is 4. The fourth-order valence-electron chi connectivity index (χ4n) is 3.22. The molecule has 29 heavy (non-hydrogen) atoms. The number of anilines is 1. The van der Waals surface area contributed by atoms with Gasteiger partial charge in [-0.1, -0.05) is 12.1 Å². The predicted octanol–water partition coefficient (Wildman–Crippen LogP) is 3.56. The van der Waals surface area contributed by atoms with Crippen molar-refractivity contribution in [1.82, 2.24) is 4.31 Å². The zero-order chi connectivity index (χ0) is 21.4. The van der Waals surface area contributed by atoms with Crippen LogP contribution in [0.15, 0.2) is 47.4 Å². The van der Waals surface area contributed by atoms with Crippen molar-refractivity contribution in [2.24, 2.45) is 0 Å². The summed E-state index contributed by atoms with van der Waals surface area (Å²) in [6, 6.07) is 8.07. The molecule has 0 aromatic heterocycles. The number of Topliss-reactive ketones (excluding diaryl/α,β-unsaturated/α-hetero) is 1. The number of alkyl halides is 3. The lowest BCUT2D eigenvalue weighted by Gasteiger charge is -2.35. The first kappa shape index (κ1) is 21.3. The third-order valence-corrected chi connectivity index (χ3v) is 6.70. The summed E-state index contributed by atoms with van der Waals surface area (Å²) in [7, 11) is -4.36. The van der Waals surface area contributed by atoms with E-state index in [1.165, 1.54) is 25.1 Å². The Morgan fingerprint density at radius 2 is 1.62 bits per heavy atom. The molecule has 0 bridgehead atoms. The van der Waals surface area contributed by atoms with Gasteiger partial charge < -0.3 is 4.90 Å². The number of piperazine rings is 1. The van der Waals surface area contributed by atoms with Crippen molar-refractivity contribution in [3.63, 3.8) is 0 Å². The van der Waals surface area contributed by atoms with E-state index in [0.717, 1.165) is 28.6 Å². The van der Waals surface area contributed by atoms with Crippen molar-refractivity contribution in [3.8, 4) is 0 Å². The average molecular weight is 430 g/mol. The molecule has 10 heteroatoms. The molecule has 2 aromatic rings. The first-order chi connectivity index (χ1) is 13.5. The van der Waals surface area contributed by atoms with Crippen molar-refractivity contribution < 1.29 is 30.8 Å². The van der Waals surface area contributed by atoms with E-state index in [1.807, 2.05) is 0 Å². The summed E-state index contributed by atoms with van der Waals surface area (Å²) in [6.07, 6.45) is -4.80. The minimum Gasteiger partial charge on any atom is -0.367 e. The second-order valence-corrected chi connectivity index (χ2v) is 8.51. The Kier molecular flexibility index (Phi) is 5.68. The number of carbonyl (C=O) groups excluding carboxylic acids is 1. The van der Waals surface area contributed by atoms with Crippen LogP contribution < -0.4 is 4.90 Å². The Morgan fingerprint density at radius 1 is 1.00 bits per heavy atom. The van der Waals surface area contributed by atoms with Crippen LogP contribution in [0.3, 0.4) is 0 Å². The maximum atomic E-state index is 14.3. The zero-order valence-electron chi connectivity index (χ0n) is 15.4. The van der Waals surface area contributed by atoms with Gasteiger partial charge in [-0.05, 0) is 37.3 Å². The second kappa shape index (κ2) is 7.75. The summed E-state index contributed by atoms with van der Waals surface area (Å²) in [5.74, 6) is -0.897. The summed E-state index contributed by atoms with van der Waals surface area (Å²) >= 11 is 0. The highest BCUT2D eigenvalue weighted by molar-refractivity contribution is 7.89. The van der Waals surface area contributed by atoms with Gasteiger partial charge >= 0.3 is 6.18 Å². The number of benzene rings is 2. The Balaban J connectivity index is 1.80. The van der Waals surface area contributed by atoms with Crippen LogP contribution in [-0.2, 0) is 16.2 Å². The fourth-order valence-corrected chi connectivity index (χ4v) is 4.85. The van der Waals surface area contributed by atoms with Crippen molar-refractivity contribution >= 4 is 21.5 Å². The van der Waals surface area contributed by atoms with Crippen LogP contribution >= 0.6 is 0 Å². The summed E-state index contributed by atoms with van der Waals surface area (Å²) in [5, 5.41) is 0. The van der Waals surface area contributed by atoms with Crippen LogP contribution in [-0.4, -0.2) is 44.7 Å². The molecule has 1 fully saturated rings. The summed E-state index contributed by atoms with van der Waals surface area (Å²) in [6.45, 7) is 1.33. The maximum Gasteiger partial charge on any atom is 0.417 e. The zero-order valence-corrected chi connectivity index (χ0v) is 16.2. The summed E-state index contributed by atoms with van der Waals surface area (Å²) in [5.41, 5.74) is -0.785. The minimum atomic E-state index is -4.80. The number of ketones is 1. The van der Waals surface area contributed by atoms with E-state index in [-0.39, 0.29) is 43.2 Å². The lowest BCUT2D eigenvalue weighted by molar-refractivity contribution is -0.139. The van der Waals surface area contributed by atoms with Gasteiger partial charge in [0.05, 0.1) is 16.1 Å². The van der Waals surface area contributed by atoms with Crippen LogP contribution in [0.5, 0.6) is 0 Å². The molecule has 0 N–H and O–H groups in total. The molecule has 1 aliphatic rings. The molecular formula is C19H18F4N2O3S. The van der Waals surface area contributed by atoms with Crippen LogP contribution in [0.1, 0.15) is 22.8 Å². The third-order valence-electron chi connectivity index (χ3n) is 4.74. The lowest BCUT2D eigenvalue weighted by Crippen LogP contribution is -2.49. The number of rotatable bonds is 4. The molecule has 5 nitrogen and oxygen atoms in total. The molecule has 0 atom stereocenters. The van der Waals surface area contributed by atoms with Gasteiger partial charge in [0.2, 0.25) is 10.0 Å². The van der Waals surface area contributed by atoms with Crippen LogP contribution in [0, 0.1) is 5.82 Å². The smallest absolute Gasteiger partial charge is 0.367 e. The average Bonchev–Trinajstić information content (AvgIpc) is 2.67. The van der Waals surface area contributed by atoms with Gasteiger partial charge in [-0.2, -0.15) is 17.5 Å². The third kappa shape index (κ3) is 4.27. The van der Waals surface area contributed by atoms with Crippen molar-refractivity contribution in [1.29, 1.82) is 0 Å². The van der Waals surface area contributed by atoms with E-state index >= 15 is 0 Å². The van der Waals surface area contributed by atoms with E-state index in [4.69, 9.17) is 0 Å². The number of sulfonamides is 1. The number of hydrogen-bond donors (Lipinski definition) is 0. The normalized spacial score (nSPS) is 16.1. The lowest BCUT2D eigenvalue weighted by atomic mass is 10.1. The Hall–Kier alpha value is -2.46. The van der Waals surface area contributed by atoms with Crippen LogP contribution in [0.2, 0.25) is 0 Å². The molecule has 0 saturated carbocycles. The molecule has 1 aliphatic heterocycles. The molecule has 2 aromatic carbocycles. The number of nitrogens with zero attached hydrogens (tertiary/aromatic N) is 2. The first-order valence-electron chi connectivity index (χ1n) is 8.73. The van der Waals surface area contributed by atoms with E-state index in [0.29, 0.717) is 0 Å². The monoisotopic (exact) mass is 430 g/mol. The molecular weight excluding hydrogens is 412 g/mol. The van der Waals surface area contributed by atoms with Crippen molar-refractivity contribution in [2.75, 3.05) is 31.1 Å². The van der Waals surface area contributed by atoms with Gasteiger partial charge in [-0.15, -0.1) is 0 Å². The number of hydrogen-bond acceptors (Lipinski definition) is 4. The Morgan fingerprint density at radius 3 is 2.17 bits per heavy atom.